The maximum atomic E-state index is 14.3. The molecule has 5 heteroatoms. The number of hydrogen-bond donors (Lipinski definition) is 1. The highest BCUT2D eigenvalue weighted by Gasteiger charge is 2.28. The van der Waals surface area contributed by atoms with Crippen LogP contribution in [0.2, 0.25) is 0 Å². The standard InChI is InChI=1S/C16H23FN2O2/c1-4-21-16(20)12-8-15(13(17)9-14(12)18)19-7-5-6-10(2)11(19)3/h8-11H,4-7,18H2,1-3H3. The minimum atomic E-state index is -0.506. The first-order chi connectivity index (χ1) is 9.95. The highest BCUT2D eigenvalue weighted by Crippen LogP contribution is 2.32. The van der Waals surface area contributed by atoms with Gasteiger partial charge in [0, 0.05) is 18.3 Å². The van der Waals surface area contributed by atoms with Crippen molar-refractivity contribution in [3.8, 4) is 0 Å². The van der Waals surface area contributed by atoms with Crippen molar-refractivity contribution in [2.45, 2.75) is 39.7 Å². The topological polar surface area (TPSA) is 55.6 Å². The summed E-state index contributed by atoms with van der Waals surface area (Å²) in [5.74, 6) is -0.405. The summed E-state index contributed by atoms with van der Waals surface area (Å²) in [7, 11) is 0. The predicted octanol–water partition coefficient (Wildman–Crippen LogP) is 3.21. The zero-order valence-corrected chi connectivity index (χ0v) is 12.9. The Morgan fingerprint density at radius 2 is 2.19 bits per heavy atom. The molecular weight excluding hydrogens is 271 g/mol. The fourth-order valence-electron chi connectivity index (χ4n) is 2.86. The largest absolute Gasteiger partial charge is 0.462 e. The van der Waals surface area contributed by atoms with Crippen LogP contribution in [-0.2, 0) is 4.74 Å². The fraction of sp³-hybridized carbons (Fsp3) is 0.562. The predicted molar refractivity (Wildman–Crippen MR) is 82.0 cm³/mol. The van der Waals surface area contributed by atoms with Gasteiger partial charge in [0.15, 0.2) is 0 Å². The highest BCUT2D eigenvalue weighted by molar-refractivity contribution is 5.96. The molecule has 1 heterocycles. The molecule has 1 aromatic carbocycles. The van der Waals surface area contributed by atoms with E-state index in [4.69, 9.17) is 10.5 Å². The lowest BCUT2D eigenvalue weighted by molar-refractivity contribution is 0.0527. The van der Waals surface area contributed by atoms with Crippen LogP contribution in [0.15, 0.2) is 12.1 Å². The molecule has 0 spiro atoms. The molecule has 0 amide bonds. The van der Waals surface area contributed by atoms with E-state index in [1.54, 1.807) is 6.92 Å². The quantitative estimate of drug-likeness (QED) is 0.687. The van der Waals surface area contributed by atoms with E-state index in [0.29, 0.717) is 11.6 Å². The number of carbonyl (C=O) groups is 1. The molecule has 1 aromatic rings. The first kappa shape index (κ1) is 15.6. The van der Waals surface area contributed by atoms with Crippen molar-refractivity contribution in [2.75, 3.05) is 23.8 Å². The van der Waals surface area contributed by atoms with E-state index in [1.807, 2.05) is 4.90 Å². The van der Waals surface area contributed by atoms with Gasteiger partial charge in [0.2, 0.25) is 0 Å². The highest BCUT2D eigenvalue weighted by atomic mass is 19.1. The van der Waals surface area contributed by atoms with E-state index in [-0.39, 0.29) is 29.7 Å². The summed E-state index contributed by atoms with van der Waals surface area (Å²) in [6.07, 6.45) is 2.16. The Bertz CT molecular complexity index is 533. The molecule has 2 atom stereocenters. The van der Waals surface area contributed by atoms with E-state index in [2.05, 4.69) is 13.8 Å². The molecule has 0 bridgehead atoms. The molecule has 1 aliphatic heterocycles. The van der Waals surface area contributed by atoms with Crippen molar-refractivity contribution in [1.29, 1.82) is 0 Å². The third-order valence-corrected chi connectivity index (χ3v) is 4.30. The SMILES string of the molecule is CCOC(=O)c1cc(N2CCCC(C)C2C)c(F)cc1N. The van der Waals surface area contributed by atoms with Crippen molar-refractivity contribution in [3.63, 3.8) is 0 Å². The molecule has 1 fully saturated rings. The number of rotatable bonds is 3. The number of nitrogen functional groups attached to an aromatic ring is 1. The number of hydrogen-bond acceptors (Lipinski definition) is 4. The van der Waals surface area contributed by atoms with Gasteiger partial charge in [-0.05, 0) is 44.7 Å². The van der Waals surface area contributed by atoms with Gasteiger partial charge in [-0.1, -0.05) is 6.92 Å². The summed E-state index contributed by atoms with van der Waals surface area (Å²) in [6, 6.07) is 2.97. The number of benzene rings is 1. The van der Waals surface area contributed by atoms with E-state index >= 15 is 0 Å². The van der Waals surface area contributed by atoms with Gasteiger partial charge in [-0.25, -0.2) is 9.18 Å². The zero-order chi connectivity index (χ0) is 15.6. The van der Waals surface area contributed by atoms with Crippen LogP contribution in [0, 0.1) is 11.7 Å². The van der Waals surface area contributed by atoms with Gasteiger partial charge < -0.3 is 15.4 Å². The average Bonchev–Trinajstić information content (AvgIpc) is 2.43. The Morgan fingerprint density at radius 1 is 1.48 bits per heavy atom. The summed E-state index contributed by atoms with van der Waals surface area (Å²) in [6.45, 7) is 7.03. The molecule has 0 radical (unpaired) electrons. The lowest BCUT2D eigenvalue weighted by Crippen LogP contribution is -2.43. The van der Waals surface area contributed by atoms with Crippen molar-refractivity contribution in [3.05, 3.63) is 23.5 Å². The van der Waals surface area contributed by atoms with Gasteiger partial charge >= 0.3 is 5.97 Å². The Hall–Kier alpha value is -1.78. The normalized spacial score (nSPS) is 22.2. The van der Waals surface area contributed by atoms with Gasteiger partial charge in [0.1, 0.15) is 5.82 Å². The maximum Gasteiger partial charge on any atom is 0.340 e. The molecule has 0 saturated carbocycles. The number of halogens is 1. The maximum absolute atomic E-state index is 14.3. The molecule has 21 heavy (non-hydrogen) atoms. The van der Waals surface area contributed by atoms with Crippen LogP contribution in [0.25, 0.3) is 0 Å². The second-order valence-electron chi connectivity index (χ2n) is 5.66. The smallest absolute Gasteiger partial charge is 0.340 e. The summed E-state index contributed by atoms with van der Waals surface area (Å²) in [5.41, 5.74) is 6.54. The third kappa shape index (κ3) is 3.12. The Kier molecular flexibility index (Phi) is 4.70. The van der Waals surface area contributed by atoms with Crippen molar-refractivity contribution in [1.82, 2.24) is 0 Å². The van der Waals surface area contributed by atoms with Gasteiger partial charge in [-0.2, -0.15) is 0 Å². The molecule has 116 valence electrons. The summed E-state index contributed by atoms with van der Waals surface area (Å²) < 4.78 is 19.3. The number of carbonyl (C=O) groups excluding carboxylic acids is 1. The van der Waals surface area contributed by atoms with Gasteiger partial charge in [-0.15, -0.1) is 0 Å². The van der Waals surface area contributed by atoms with E-state index in [1.165, 1.54) is 12.1 Å². The summed E-state index contributed by atoms with van der Waals surface area (Å²) >= 11 is 0. The monoisotopic (exact) mass is 294 g/mol. The number of piperidine rings is 1. The second kappa shape index (κ2) is 6.33. The van der Waals surface area contributed by atoms with E-state index < -0.39 is 5.97 Å². The van der Waals surface area contributed by atoms with Crippen LogP contribution in [-0.4, -0.2) is 25.2 Å². The first-order valence-electron chi connectivity index (χ1n) is 7.48. The van der Waals surface area contributed by atoms with Gasteiger partial charge in [0.25, 0.3) is 0 Å². The Morgan fingerprint density at radius 3 is 2.86 bits per heavy atom. The number of anilines is 2. The molecule has 2 N–H and O–H groups in total. The lowest BCUT2D eigenvalue weighted by atomic mass is 9.91. The zero-order valence-electron chi connectivity index (χ0n) is 12.9. The van der Waals surface area contributed by atoms with Crippen LogP contribution in [0.1, 0.15) is 44.0 Å². The molecule has 2 rings (SSSR count). The van der Waals surface area contributed by atoms with Gasteiger partial charge in [-0.3, -0.25) is 0 Å². The fourth-order valence-corrected chi connectivity index (χ4v) is 2.86. The molecular formula is C16H23FN2O2. The molecule has 0 aromatic heterocycles. The number of nitrogens with zero attached hydrogens (tertiary/aromatic N) is 1. The Labute approximate surface area is 125 Å². The first-order valence-corrected chi connectivity index (χ1v) is 7.48. The Balaban J connectivity index is 2.39. The molecule has 1 saturated heterocycles. The number of nitrogens with two attached hydrogens (primary N) is 1. The van der Waals surface area contributed by atoms with Crippen molar-refractivity contribution in [2.24, 2.45) is 5.92 Å². The number of ether oxygens (including phenoxy) is 1. The molecule has 4 nitrogen and oxygen atoms in total. The molecule has 1 aliphatic rings. The van der Waals surface area contributed by atoms with E-state index in [0.717, 1.165) is 19.4 Å². The van der Waals surface area contributed by atoms with Crippen LogP contribution in [0.4, 0.5) is 15.8 Å². The average molecular weight is 294 g/mol. The minimum Gasteiger partial charge on any atom is -0.462 e. The molecule has 0 aliphatic carbocycles. The van der Waals surface area contributed by atoms with Crippen LogP contribution in [0.3, 0.4) is 0 Å². The lowest BCUT2D eigenvalue weighted by Gasteiger charge is -2.40. The van der Waals surface area contributed by atoms with Crippen molar-refractivity contribution >= 4 is 17.3 Å². The number of esters is 1. The van der Waals surface area contributed by atoms with Crippen LogP contribution in [0.5, 0.6) is 0 Å². The second-order valence-corrected chi connectivity index (χ2v) is 5.66. The van der Waals surface area contributed by atoms with Gasteiger partial charge in [0.05, 0.1) is 17.9 Å². The summed E-state index contributed by atoms with van der Waals surface area (Å²) in [4.78, 5) is 13.9. The third-order valence-electron chi connectivity index (χ3n) is 4.30. The van der Waals surface area contributed by atoms with Crippen LogP contribution >= 0.6 is 0 Å². The van der Waals surface area contributed by atoms with Crippen molar-refractivity contribution < 1.29 is 13.9 Å². The summed E-state index contributed by atoms with van der Waals surface area (Å²) in [5, 5.41) is 0. The van der Waals surface area contributed by atoms with E-state index in [9.17, 15) is 9.18 Å². The van der Waals surface area contributed by atoms with Crippen LogP contribution < -0.4 is 10.6 Å². The molecule has 2 unspecified atom stereocenters. The minimum absolute atomic E-state index is 0.118.